The molecule has 0 aromatic heterocycles. The van der Waals surface area contributed by atoms with Crippen molar-refractivity contribution >= 4 is 0 Å². The molecule has 1 atom stereocenters. The predicted molar refractivity (Wildman–Crippen MR) is 111 cm³/mol. The van der Waals surface area contributed by atoms with Gasteiger partial charge in [-0.25, -0.2) is 0 Å². The highest BCUT2D eigenvalue weighted by Crippen LogP contribution is 2.25. The fourth-order valence-corrected chi connectivity index (χ4v) is 3.82. The van der Waals surface area contributed by atoms with Crippen molar-refractivity contribution in [3.05, 3.63) is 0 Å². The van der Waals surface area contributed by atoms with Crippen molar-refractivity contribution in [3.63, 3.8) is 0 Å². The third-order valence-electron chi connectivity index (χ3n) is 5.69. The molecular weight excluding hydrogens is 306 g/mol. The van der Waals surface area contributed by atoms with Gasteiger partial charge in [-0.3, -0.25) is 0 Å². The fraction of sp³-hybridized carbons (Fsp3) is 1.00. The van der Waals surface area contributed by atoms with Crippen LogP contribution in [-0.4, -0.2) is 10.8 Å². The van der Waals surface area contributed by atoms with Crippen LogP contribution in [0.4, 0.5) is 0 Å². The van der Waals surface area contributed by atoms with Crippen LogP contribution in [0.1, 0.15) is 136 Å². The first kappa shape index (κ1) is 24.9. The summed E-state index contributed by atoms with van der Waals surface area (Å²) in [4.78, 5) is 0. The molecule has 0 aliphatic heterocycles. The minimum Gasteiger partial charge on any atom is -0.343 e. The molecule has 0 aliphatic rings. The molecule has 152 valence electrons. The number of rotatable bonds is 19. The second-order valence-electron chi connectivity index (χ2n) is 8.58. The Morgan fingerprint density at radius 2 is 0.880 bits per heavy atom. The summed E-state index contributed by atoms with van der Waals surface area (Å²) in [6, 6.07) is 0. The van der Waals surface area contributed by atoms with E-state index in [4.69, 9.17) is 0 Å². The van der Waals surface area contributed by atoms with E-state index in [0.717, 1.165) is 12.8 Å². The normalized spacial score (nSPS) is 14.2. The van der Waals surface area contributed by atoms with Crippen LogP contribution in [0.2, 0.25) is 0 Å². The smallest absolute Gasteiger partial charge is 0.195 e. The van der Waals surface area contributed by atoms with Crippen LogP contribution in [0.3, 0.4) is 0 Å². The number of hydrogen-bond acceptors (Lipinski definition) is 1. The summed E-state index contributed by atoms with van der Waals surface area (Å²) in [6.07, 6.45) is 24.1. The Kier molecular flexibility index (Phi) is 17.3. The van der Waals surface area contributed by atoms with E-state index in [-0.39, 0.29) is 0 Å². The van der Waals surface area contributed by atoms with Crippen molar-refractivity contribution in [2.45, 2.75) is 142 Å². The topological polar surface area (TPSA) is 47.9 Å². The molecule has 0 heterocycles. The van der Waals surface area contributed by atoms with Gasteiger partial charge < -0.3 is 10.8 Å². The summed E-state index contributed by atoms with van der Waals surface area (Å²) in [7, 11) is 0. The lowest BCUT2D eigenvalue weighted by molar-refractivity contribution is -0.557. The van der Waals surface area contributed by atoms with E-state index in [1.165, 1.54) is 103 Å². The predicted octanol–water partition coefficient (Wildman–Crippen LogP) is 6.61. The van der Waals surface area contributed by atoms with Crippen LogP contribution < -0.4 is 5.73 Å². The lowest BCUT2D eigenvalue weighted by Gasteiger charge is -2.26. The molecule has 0 aromatic rings. The average Bonchev–Trinajstić information content (AvgIpc) is 2.56. The number of hydrogen-bond donors (Lipinski definition) is 2. The van der Waals surface area contributed by atoms with Gasteiger partial charge in [0, 0.05) is 12.8 Å². The lowest BCUT2D eigenvalue weighted by Crippen LogP contribution is -2.74. The lowest BCUT2D eigenvalue weighted by atomic mass is 9.86. The molecule has 1 unspecified atom stereocenters. The average molecular weight is 357 g/mol. The van der Waals surface area contributed by atoms with Crippen molar-refractivity contribution < 1.29 is 10.8 Å². The first-order valence-corrected chi connectivity index (χ1v) is 11.6. The van der Waals surface area contributed by atoms with E-state index in [0.29, 0.717) is 5.92 Å². The molecule has 0 spiro atoms. The van der Waals surface area contributed by atoms with Gasteiger partial charge in [-0.05, 0) is 12.8 Å². The van der Waals surface area contributed by atoms with E-state index in [9.17, 15) is 5.11 Å². The maximum atomic E-state index is 10.4. The molecule has 2 nitrogen and oxygen atoms in total. The van der Waals surface area contributed by atoms with Crippen molar-refractivity contribution in [2.75, 3.05) is 0 Å². The monoisotopic (exact) mass is 356 g/mol. The molecular formula is C23H50NO+. The van der Waals surface area contributed by atoms with Gasteiger partial charge >= 0.3 is 0 Å². The Balaban J connectivity index is 3.67. The molecule has 0 aromatic carbocycles. The van der Waals surface area contributed by atoms with Crippen LogP contribution >= 0.6 is 0 Å². The van der Waals surface area contributed by atoms with E-state index < -0.39 is 5.72 Å². The quantitative estimate of drug-likeness (QED) is 0.198. The molecule has 4 N–H and O–H groups in total. The second kappa shape index (κ2) is 17.3. The molecule has 25 heavy (non-hydrogen) atoms. The van der Waals surface area contributed by atoms with E-state index >= 15 is 0 Å². The van der Waals surface area contributed by atoms with Gasteiger partial charge in [-0.1, -0.05) is 117 Å². The Morgan fingerprint density at radius 3 is 1.16 bits per heavy atom. The minimum atomic E-state index is -0.748. The van der Waals surface area contributed by atoms with Crippen LogP contribution in [0, 0.1) is 5.92 Å². The summed E-state index contributed by atoms with van der Waals surface area (Å²) in [5, 5.41) is 10.4. The fourth-order valence-electron chi connectivity index (χ4n) is 3.82. The SMILES string of the molecule is CCCCCCCCCCC(CCCCCCCCCC)C(C)([NH3+])O. The van der Waals surface area contributed by atoms with Crippen molar-refractivity contribution in [1.82, 2.24) is 0 Å². The molecule has 2 heteroatoms. The highest BCUT2D eigenvalue weighted by molar-refractivity contribution is 4.70. The van der Waals surface area contributed by atoms with E-state index in [2.05, 4.69) is 19.6 Å². The first-order chi connectivity index (χ1) is 12.0. The summed E-state index contributed by atoms with van der Waals surface area (Å²) in [6.45, 7) is 6.46. The van der Waals surface area contributed by atoms with Gasteiger partial charge in [0.2, 0.25) is 0 Å². The van der Waals surface area contributed by atoms with Gasteiger partial charge in [-0.15, -0.1) is 0 Å². The van der Waals surface area contributed by atoms with Crippen molar-refractivity contribution in [1.29, 1.82) is 0 Å². The molecule has 0 amide bonds. The maximum Gasteiger partial charge on any atom is 0.195 e. The number of aliphatic hydroxyl groups is 1. The van der Waals surface area contributed by atoms with Crippen LogP contribution in [0.15, 0.2) is 0 Å². The van der Waals surface area contributed by atoms with Crippen LogP contribution in [-0.2, 0) is 0 Å². The molecule has 0 aliphatic carbocycles. The Bertz CT molecular complexity index is 239. The van der Waals surface area contributed by atoms with Crippen LogP contribution in [0.25, 0.3) is 0 Å². The van der Waals surface area contributed by atoms with Gasteiger partial charge in [0.05, 0.1) is 0 Å². The van der Waals surface area contributed by atoms with Gasteiger partial charge in [0.1, 0.15) is 0 Å². The largest absolute Gasteiger partial charge is 0.343 e. The third-order valence-corrected chi connectivity index (χ3v) is 5.69. The molecule has 0 bridgehead atoms. The summed E-state index contributed by atoms with van der Waals surface area (Å²) < 4.78 is 0. The molecule has 0 radical (unpaired) electrons. The van der Waals surface area contributed by atoms with E-state index in [1.54, 1.807) is 0 Å². The highest BCUT2D eigenvalue weighted by Gasteiger charge is 2.30. The highest BCUT2D eigenvalue weighted by atomic mass is 16.3. The summed E-state index contributed by atoms with van der Waals surface area (Å²) >= 11 is 0. The molecule has 0 saturated heterocycles. The van der Waals surface area contributed by atoms with Crippen molar-refractivity contribution in [2.24, 2.45) is 5.92 Å². The van der Waals surface area contributed by atoms with Gasteiger partial charge in [-0.2, -0.15) is 0 Å². The Hall–Kier alpha value is -0.0800. The van der Waals surface area contributed by atoms with E-state index in [1.807, 2.05) is 6.92 Å². The first-order valence-electron chi connectivity index (χ1n) is 11.6. The zero-order chi connectivity index (χ0) is 18.8. The molecule has 0 saturated carbocycles. The number of unbranched alkanes of at least 4 members (excludes halogenated alkanes) is 14. The Labute approximate surface area is 159 Å². The van der Waals surface area contributed by atoms with Gasteiger partial charge in [0.25, 0.3) is 0 Å². The zero-order valence-electron chi connectivity index (χ0n) is 18.0. The maximum absolute atomic E-state index is 10.4. The standard InChI is InChI=1S/C23H49NO/c1-4-6-8-10-12-14-16-18-20-22(23(3,24)25)21-19-17-15-13-11-9-7-5-2/h22,25H,4-21,24H2,1-3H3/p+1. The Morgan fingerprint density at radius 1 is 0.600 bits per heavy atom. The minimum absolute atomic E-state index is 0.382. The zero-order valence-corrected chi connectivity index (χ0v) is 18.0. The second-order valence-corrected chi connectivity index (χ2v) is 8.58. The number of quaternary nitrogens is 1. The van der Waals surface area contributed by atoms with Crippen LogP contribution in [0.5, 0.6) is 0 Å². The molecule has 0 rings (SSSR count). The molecule has 0 fully saturated rings. The summed E-state index contributed by atoms with van der Waals surface area (Å²) in [5.74, 6) is 0.382. The third kappa shape index (κ3) is 17.1. The van der Waals surface area contributed by atoms with Crippen molar-refractivity contribution in [3.8, 4) is 0 Å². The van der Waals surface area contributed by atoms with Gasteiger partial charge in [0.15, 0.2) is 5.72 Å². The summed E-state index contributed by atoms with van der Waals surface area (Å²) in [5.41, 5.74) is 3.28.